The molecule has 1 unspecified atom stereocenters. The quantitative estimate of drug-likeness (QED) is 0.463. The maximum Gasteiger partial charge on any atom is 0.405 e. The molecule has 132 valence electrons. The zero-order valence-corrected chi connectivity index (χ0v) is 12.7. The summed E-state index contributed by atoms with van der Waals surface area (Å²) in [5.41, 5.74) is 4.16. The summed E-state index contributed by atoms with van der Waals surface area (Å²) in [7, 11) is 0. The summed E-state index contributed by atoms with van der Waals surface area (Å²) in [6.07, 6.45) is 1.77. The molecule has 0 radical (unpaired) electrons. The second kappa shape index (κ2) is 7.47. The molecule has 0 fully saturated rings. The van der Waals surface area contributed by atoms with Gasteiger partial charge >= 0.3 is 18.3 Å². The third-order valence-corrected chi connectivity index (χ3v) is 3.20. The number of pyridine rings is 1. The van der Waals surface area contributed by atoms with Crippen molar-refractivity contribution < 1.29 is 23.2 Å². The molecule has 0 aliphatic heterocycles. The largest absolute Gasteiger partial charge is 0.441 e. The van der Waals surface area contributed by atoms with Crippen LogP contribution in [0, 0.1) is 10.1 Å². The van der Waals surface area contributed by atoms with Crippen molar-refractivity contribution in [2.24, 2.45) is 5.73 Å². The van der Waals surface area contributed by atoms with Gasteiger partial charge in [-0.3, -0.25) is 15.1 Å². The van der Waals surface area contributed by atoms with E-state index < -0.39 is 35.1 Å². The average molecular weight is 353 g/mol. The molecule has 0 bridgehead atoms. The molecule has 2 aromatic rings. The van der Waals surface area contributed by atoms with Crippen LogP contribution in [0.3, 0.4) is 0 Å². The van der Waals surface area contributed by atoms with Crippen molar-refractivity contribution in [3.05, 3.63) is 52.9 Å². The first kappa shape index (κ1) is 18.0. The molecule has 11 heteroatoms. The predicted molar refractivity (Wildman–Crippen MR) is 81.6 cm³/mol. The van der Waals surface area contributed by atoms with Gasteiger partial charge in [-0.05, 0) is 17.7 Å². The SMILES string of the molecule is C=CCC(OC(N)=O)c1ccnc(-c2c([N+](=O)[O-])cnn2C(F)F)c1. The van der Waals surface area contributed by atoms with Crippen LogP contribution in [-0.2, 0) is 4.74 Å². The average Bonchev–Trinajstić information content (AvgIpc) is 2.99. The molecule has 0 saturated heterocycles. The number of nitrogens with two attached hydrogens (primary N) is 1. The third-order valence-electron chi connectivity index (χ3n) is 3.20. The molecule has 25 heavy (non-hydrogen) atoms. The van der Waals surface area contributed by atoms with Crippen molar-refractivity contribution in [3.8, 4) is 11.4 Å². The van der Waals surface area contributed by atoms with E-state index in [1.807, 2.05) is 0 Å². The van der Waals surface area contributed by atoms with E-state index in [0.717, 1.165) is 6.20 Å². The van der Waals surface area contributed by atoms with E-state index in [1.54, 1.807) is 0 Å². The molecule has 2 aromatic heterocycles. The highest BCUT2D eigenvalue weighted by Crippen LogP contribution is 2.33. The van der Waals surface area contributed by atoms with Crippen molar-refractivity contribution in [2.45, 2.75) is 19.1 Å². The second-order valence-electron chi connectivity index (χ2n) is 4.78. The normalized spacial score (nSPS) is 12.0. The molecule has 0 aromatic carbocycles. The number of nitrogens with zero attached hydrogens (tertiary/aromatic N) is 4. The number of nitro groups is 1. The maximum absolute atomic E-state index is 13.1. The number of carbonyl (C=O) groups is 1. The fourth-order valence-electron chi connectivity index (χ4n) is 2.20. The van der Waals surface area contributed by atoms with Crippen molar-refractivity contribution >= 4 is 11.8 Å². The highest BCUT2D eigenvalue weighted by molar-refractivity contribution is 5.67. The third kappa shape index (κ3) is 3.94. The fraction of sp³-hybridized carbons (Fsp3) is 0.214. The number of aromatic nitrogens is 3. The molecule has 9 nitrogen and oxygen atoms in total. The minimum atomic E-state index is -3.10. The minimum absolute atomic E-state index is 0.121. The fourth-order valence-corrected chi connectivity index (χ4v) is 2.20. The van der Waals surface area contributed by atoms with E-state index in [0.29, 0.717) is 5.56 Å². The topological polar surface area (TPSA) is 126 Å². The highest BCUT2D eigenvalue weighted by atomic mass is 19.3. The van der Waals surface area contributed by atoms with E-state index in [1.165, 1.54) is 24.4 Å². The molecule has 2 rings (SSSR count). The number of rotatable bonds is 7. The van der Waals surface area contributed by atoms with Crippen molar-refractivity contribution in [1.29, 1.82) is 0 Å². The molecule has 2 heterocycles. The number of carbonyl (C=O) groups excluding carboxylic acids is 1. The number of primary amides is 1. The van der Waals surface area contributed by atoms with Crippen LogP contribution in [-0.4, -0.2) is 25.8 Å². The van der Waals surface area contributed by atoms with E-state index in [9.17, 15) is 23.7 Å². The standard InChI is InChI=1S/C14H13F2N5O4/c1-2-3-11(25-14(17)22)8-4-5-18-9(6-8)12-10(21(23)24)7-19-20(12)13(15)16/h2,4-7,11,13H,1,3H2,(H2,17,22). The van der Waals surface area contributed by atoms with Crippen LogP contribution in [0.5, 0.6) is 0 Å². The summed E-state index contributed by atoms with van der Waals surface area (Å²) in [5.74, 6) is 0. The van der Waals surface area contributed by atoms with Crippen LogP contribution < -0.4 is 5.73 Å². The summed E-state index contributed by atoms with van der Waals surface area (Å²) in [5, 5.41) is 14.4. The van der Waals surface area contributed by atoms with Crippen LogP contribution in [0.2, 0.25) is 0 Å². The van der Waals surface area contributed by atoms with Gasteiger partial charge in [0.1, 0.15) is 12.3 Å². The van der Waals surface area contributed by atoms with Crippen molar-refractivity contribution in [3.63, 3.8) is 0 Å². The Bertz CT molecular complexity index is 808. The molecule has 2 N–H and O–H groups in total. The van der Waals surface area contributed by atoms with E-state index in [-0.39, 0.29) is 16.8 Å². The van der Waals surface area contributed by atoms with Gasteiger partial charge in [-0.1, -0.05) is 6.08 Å². The van der Waals surface area contributed by atoms with E-state index in [4.69, 9.17) is 10.5 Å². The highest BCUT2D eigenvalue weighted by Gasteiger charge is 2.28. The zero-order chi connectivity index (χ0) is 18.6. The van der Waals surface area contributed by atoms with Gasteiger partial charge in [0.15, 0.2) is 5.69 Å². The van der Waals surface area contributed by atoms with Crippen LogP contribution in [0.25, 0.3) is 11.4 Å². The Hall–Kier alpha value is -3.37. The Balaban J connectivity index is 2.55. The molecule has 0 aliphatic carbocycles. The summed E-state index contributed by atoms with van der Waals surface area (Å²) in [4.78, 5) is 25.1. The number of alkyl halides is 2. The van der Waals surface area contributed by atoms with Crippen molar-refractivity contribution in [2.75, 3.05) is 0 Å². The lowest BCUT2D eigenvalue weighted by Gasteiger charge is -2.16. The molecule has 0 spiro atoms. The summed E-state index contributed by atoms with van der Waals surface area (Å²) >= 11 is 0. The van der Waals surface area contributed by atoms with Gasteiger partial charge in [0.25, 0.3) is 0 Å². The first-order valence-corrected chi connectivity index (χ1v) is 6.88. The van der Waals surface area contributed by atoms with Gasteiger partial charge < -0.3 is 10.5 Å². The predicted octanol–water partition coefficient (Wildman–Crippen LogP) is 2.96. The van der Waals surface area contributed by atoms with Crippen LogP contribution in [0.15, 0.2) is 37.2 Å². The first-order valence-electron chi connectivity index (χ1n) is 6.88. The van der Waals surface area contributed by atoms with Crippen LogP contribution in [0.1, 0.15) is 24.6 Å². The summed E-state index contributed by atoms with van der Waals surface area (Å²) in [6, 6.07) is 2.76. The maximum atomic E-state index is 13.1. The minimum Gasteiger partial charge on any atom is -0.441 e. The Morgan fingerprint density at radius 1 is 1.56 bits per heavy atom. The Morgan fingerprint density at radius 3 is 2.84 bits per heavy atom. The molecular weight excluding hydrogens is 340 g/mol. The molecule has 0 saturated carbocycles. The number of amides is 1. The number of ether oxygens (including phenoxy) is 1. The Morgan fingerprint density at radius 2 is 2.28 bits per heavy atom. The zero-order valence-electron chi connectivity index (χ0n) is 12.7. The smallest absolute Gasteiger partial charge is 0.405 e. The van der Waals surface area contributed by atoms with Gasteiger partial charge in [0.2, 0.25) is 0 Å². The van der Waals surface area contributed by atoms with Gasteiger partial charge in [0.05, 0.1) is 10.6 Å². The lowest BCUT2D eigenvalue weighted by molar-refractivity contribution is -0.384. The Kier molecular flexibility index (Phi) is 5.37. The molecular formula is C14H13F2N5O4. The lowest BCUT2D eigenvalue weighted by atomic mass is 10.1. The number of halogens is 2. The Labute approximate surface area is 139 Å². The number of hydrogen-bond donors (Lipinski definition) is 1. The van der Waals surface area contributed by atoms with E-state index in [2.05, 4.69) is 16.7 Å². The van der Waals surface area contributed by atoms with Gasteiger partial charge in [0, 0.05) is 12.6 Å². The summed E-state index contributed by atoms with van der Waals surface area (Å²) < 4.78 is 31.3. The van der Waals surface area contributed by atoms with Gasteiger partial charge in [-0.25, -0.2) is 4.79 Å². The molecule has 1 atom stereocenters. The second-order valence-corrected chi connectivity index (χ2v) is 4.78. The summed E-state index contributed by atoms with van der Waals surface area (Å²) in [6.45, 7) is 0.433. The van der Waals surface area contributed by atoms with Gasteiger partial charge in [-0.2, -0.15) is 18.6 Å². The number of hydrogen-bond acceptors (Lipinski definition) is 6. The van der Waals surface area contributed by atoms with Crippen LogP contribution in [0.4, 0.5) is 19.3 Å². The van der Waals surface area contributed by atoms with Gasteiger partial charge in [-0.15, -0.1) is 6.58 Å². The molecule has 1 amide bonds. The first-order chi connectivity index (χ1) is 11.8. The van der Waals surface area contributed by atoms with Crippen LogP contribution >= 0.6 is 0 Å². The molecule has 0 aliphatic rings. The van der Waals surface area contributed by atoms with Crippen molar-refractivity contribution in [1.82, 2.24) is 14.8 Å². The monoisotopic (exact) mass is 353 g/mol. The van der Waals surface area contributed by atoms with E-state index >= 15 is 0 Å². The lowest BCUT2D eigenvalue weighted by Crippen LogP contribution is -2.17.